The van der Waals surface area contributed by atoms with Gasteiger partial charge in [0.1, 0.15) is 8.64 Å². The molecule has 0 N–H and O–H groups in total. The van der Waals surface area contributed by atoms with Gasteiger partial charge < -0.3 is 9.80 Å². The molecule has 0 aliphatic heterocycles. The van der Waals surface area contributed by atoms with Crippen LogP contribution in [-0.4, -0.2) is 46.6 Å². The van der Waals surface area contributed by atoms with Crippen LogP contribution in [0.5, 0.6) is 0 Å². The third-order valence-electron chi connectivity index (χ3n) is 0.915. The Kier molecular flexibility index (Phi) is 15.9. The van der Waals surface area contributed by atoms with Crippen LogP contribution < -0.4 is 0 Å². The van der Waals surface area contributed by atoms with Crippen molar-refractivity contribution in [1.82, 2.24) is 9.80 Å². The van der Waals surface area contributed by atoms with Crippen LogP contribution in [-0.2, 0) is 17.1 Å². The van der Waals surface area contributed by atoms with E-state index in [2.05, 4.69) is 0 Å². The largest absolute Gasteiger partial charge is 0.363 e. The Bertz CT molecular complexity index is 169. The first-order valence-electron chi connectivity index (χ1n) is 3.22. The third kappa shape index (κ3) is 9.83. The molecule has 0 spiro atoms. The van der Waals surface area contributed by atoms with E-state index in [1.165, 1.54) is 21.6 Å². The fourth-order valence-electron chi connectivity index (χ4n) is 0.220. The zero-order valence-electron chi connectivity index (χ0n) is 8.24. The number of halogens is 1. The zero-order valence-corrected chi connectivity index (χ0v) is 13.3. The van der Waals surface area contributed by atoms with Crippen LogP contribution >= 0.6 is 58.4 Å². The molecule has 1 radical (unpaired) electrons. The Morgan fingerprint density at radius 3 is 1.21 bits per heavy atom. The minimum atomic E-state index is 0. The van der Waals surface area contributed by atoms with Crippen LogP contribution in [0.3, 0.4) is 0 Å². The summed E-state index contributed by atoms with van der Waals surface area (Å²) in [4.78, 5) is 3.79. The monoisotopic (exact) mass is 339 g/mol. The first-order valence-corrected chi connectivity index (χ1v) is 6.19. The van der Waals surface area contributed by atoms with Crippen molar-refractivity contribution in [3.8, 4) is 0 Å². The van der Waals surface area contributed by atoms with Crippen LogP contribution in [0, 0.1) is 0 Å². The number of hydrogen-bond donors (Lipinski definition) is 0. The van der Waals surface area contributed by atoms with Gasteiger partial charge in [0.15, 0.2) is 0 Å². The maximum absolute atomic E-state index is 5.07. The molecule has 0 rings (SSSR count). The van der Waals surface area contributed by atoms with E-state index >= 15 is 0 Å². The van der Waals surface area contributed by atoms with Crippen LogP contribution in [0.4, 0.5) is 0 Å². The summed E-state index contributed by atoms with van der Waals surface area (Å²) < 4.78 is 1.67. The van der Waals surface area contributed by atoms with E-state index in [0.717, 1.165) is 8.64 Å². The molecule has 0 saturated heterocycles. The van der Waals surface area contributed by atoms with Crippen molar-refractivity contribution in [2.24, 2.45) is 0 Å². The predicted molar refractivity (Wildman–Crippen MR) is 75.0 cm³/mol. The van der Waals surface area contributed by atoms with E-state index in [-0.39, 0.29) is 29.5 Å². The van der Waals surface area contributed by atoms with E-state index in [1.54, 1.807) is 0 Å². The molecule has 0 aliphatic rings. The first kappa shape index (κ1) is 20.7. The van der Waals surface area contributed by atoms with E-state index in [9.17, 15) is 0 Å². The predicted octanol–water partition coefficient (Wildman–Crippen LogP) is 2.48. The smallest absolute Gasteiger partial charge is 0.146 e. The molecule has 0 atom stereocenters. The summed E-state index contributed by atoms with van der Waals surface area (Å²) in [6.07, 6.45) is 0. The maximum atomic E-state index is 5.07. The van der Waals surface area contributed by atoms with Gasteiger partial charge in [0.2, 0.25) is 0 Å². The fraction of sp³-hybridized carbons (Fsp3) is 0.667. The molecule has 0 fully saturated rings. The third-order valence-corrected chi connectivity index (χ3v) is 5.07. The van der Waals surface area contributed by atoms with Gasteiger partial charge >= 0.3 is 0 Å². The van der Waals surface area contributed by atoms with Crippen molar-refractivity contribution >= 4 is 67.1 Å². The summed E-state index contributed by atoms with van der Waals surface area (Å²) in [5, 5.41) is 0. The van der Waals surface area contributed by atoms with Crippen LogP contribution in [0.25, 0.3) is 0 Å². The quantitative estimate of drug-likeness (QED) is 0.377. The summed E-state index contributed by atoms with van der Waals surface area (Å²) >= 11 is 10.1. The van der Waals surface area contributed by atoms with E-state index in [4.69, 9.17) is 24.4 Å². The Labute approximate surface area is 121 Å². The molecular weight excluding hydrogens is 327 g/mol. The molecule has 8 heteroatoms. The van der Waals surface area contributed by atoms with Crippen LogP contribution in [0.15, 0.2) is 0 Å². The van der Waals surface area contributed by atoms with Gasteiger partial charge in [-0.15, -0.1) is 12.4 Å². The molecule has 0 aromatic carbocycles. The number of rotatable bonds is 0. The Balaban J connectivity index is -0.000000605. The van der Waals surface area contributed by atoms with E-state index in [0.29, 0.717) is 0 Å². The molecule has 0 aromatic rings. The second kappa shape index (κ2) is 10.8. The van der Waals surface area contributed by atoms with E-state index in [1.807, 2.05) is 38.0 Å². The van der Waals surface area contributed by atoms with Crippen molar-refractivity contribution in [3.05, 3.63) is 0 Å². The number of hydrogen-bond acceptors (Lipinski definition) is 4. The summed E-state index contributed by atoms with van der Waals surface area (Å²) in [5.41, 5.74) is 0. The van der Waals surface area contributed by atoms with Crippen LogP contribution in [0.1, 0.15) is 0 Å². The normalized spacial score (nSPS) is 8.00. The van der Waals surface area contributed by atoms with Gasteiger partial charge in [-0.25, -0.2) is 0 Å². The molecule has 0 aliphatic carbocycles. The van der Waals surface area contributed by atoms with Gasteiger partial charge in [-0.1, -0.05) is 24.4 Å². The molecule has 0 bridgehead atoms. The Hall–Kier alpha value is 1.29. The minimum Gasteiger partial charge on any atom is -0.363 e. The van der Waals surface area contributed by atoms with Crippen molar-refractivity contribution in [2.45, 2.75) is 0 Å². The summed E-state index contributed by atoms with van der Waals surface area (Å²) in [6.45, 7) is 0. The van der Waals surface area contributed by atoms with Gasteiger partial charge in [-0.05, 0) is 21.6 Å². The molecule has 14 heavy (non-hydrogen) atoms. The van der Waals surface area contributed by atoms with Gasteiger partial charge in [-0.3, -0.25) is 0 Å². The van der Waals surface area contributed by atoms with Crippen molar-refractivity contribution < 1.29 is 17.1 Å². The van der Waals surface area contributed by atoms with Crippen LogP contribution in [0.2, 0.25) is 0 Å². The van der Waals surface area contributed by atoms with Crippen molar-refractivity contribution in [1.29, 1.82) is 0 Å². The number of nitrogens with zero attached hydrogens (tertiary/aromatic N) is 2. The average Bonchev–Trinajstić information content (AvgIpc) is 1.98. The van der Waals surface area contributed by atoms with Gasteiger partial charge in [0.25, 0.3) is 0 Å². The fourth-order valence-corrected chi connectivity index (χ4v) is 2.60. The van der Waals surface area contributed by atoms with Crippen molar-refractivity contribution in [3.63, 3.8) is 0 Å². The molecule has 0 saturated carbocycles. The maximum Gasteiger partial charge on any atom is 0.146 e. The molecule has 0 amide bonds. The van der Waals surface area contributed by atoms with E-state index < -0.39 is 0 Å². The second-order valence-electron chi connectivity index (χ2n) is 2.49. The van der Waals surface area contributed by atoms with Crippen molar-refractivity contribution in [2.75, 3.05) is 28.2 Å². The molecule has 2 nitrogen and oxygen atoms in total. The van der Waals surface area contributed by atoms with Gasteiger partial charge in [0.05, 0.1) is 0 Å². The summed E-state index contributed by atoms with van der Waals surface area (Å²) in [5.74, 6) is 0. The zero-order chi connectivity index (χ0) is 9.72. The average molecular weight is 340 g/mol. The topological polar surface area (TPSA) is 6.48 Å². The standard InChI is InChI=1S/C6H12N2S4.ClH.Cu/c1-7(2)5(9)11-12-6(10)8(3)4;;/h1-4H3;1H;. The molecule has 89 valence electrons. The molecule has 0 aromatic heterocycles. The second-order valence-corrected chi connectivity index (χ2v) is 5.88. The summed E-state index contributed by atoms with van der Waals surface area (Å²) in [6, 6.07) is 0. The minimum absolute atomic E-state index is 0. The Morgan fingerprint density at radius 1 is 0.857 bits per heavy atom. The Morgan fingerprint density at radius 2 is 1.07 bits per heavy atom. The van der Waals surface area contributed by atoms with Gasteiger partial charge in [0, 0.05) is 45.3 Å². The summed E-state index contributed by atoms with van der Waals surface area (Å²) in [7, 11) is 10.7. The molecular formula is C6H13ClCuN2S4. The molecule has 0 heterocycles. The van der Waals surface area contributed by atoms with Gasteiger partial charge in [-0.2, -0.15) is 0 Å². The number of thiocarbonyl (C=S) groups is 2. The first-order chi connectivity index (χ1) is 5.45. The SMILES string of the molecule is CN(C)C(=S)SSC(=S)N(C)C.Cl.[Cu]. The molecule has 0 unspecified atom stereocenters.